The molecule has 0 amide bonds. The number of pyridine rings is 1. The minimum absolute atomic E-state index is 0.923. The van der Waals surface area contributed by atoms with Crippen LogP contribution in [0.2, 0.25) is 0 Å². The maximum Gasteiger partial charge on any atom is 0.0704 e. The highest BCUT2D eigenvalue weighted by atomic mass is 14.6. The highest BCUT2D eigenvalue weighted by molar-refractivity contribution is 5.81. The van der Waals surface area contributed by atoms with Gasteiger partial charge in [-0.25, -0.2) is 0 Å². The van der Waals surface area contributed by atoms with Crippen molar-refractivity contribution in [1.82, 2.24) is 4.98 Å². The minimum atomic E-state index is 0.923. The highest BCUT2D eigenvalue weighted by Crippen LogP contribution is 2.16. The zero-order valence-electron chi connectivity index (χ0n) is 7.98. The van der Waals surface area contributed by atoms with Crippen LogP contribution in [0.3, 0.4) is 0 Å². The van der Waals surface area contributed by atoms with Gasteiger partial charge in [-0.15, -0.1) is 0 Å². The molecule has 1 aromatic carbocycles. The molecule has 0 atom stereocenters. The van der Waals surface area contributed by atoms with E-state index in [4.69, 9.17) is 0 Å². The summed E-state index contributed by atoms with van der Waals surface area (Å²) in [6, 6.07) is 10.3. The molecule has 0 fully saturated rings. The summed E-state index contributed by atoms with van der Waals surface area (Å²) in [5.74, 6) is 0. The maximum atomic E-state index is 4.31. The molecule has 0 aliphatic heterocycles. The van der Waals surface area contributed by atoms with E-state index >= 15 is 0 Å². The molecule has 2 rings (SSSR count). The number of fused-ring (bicyclic) bond motifs is 1. The van der Waals surface area contributed by atoms with Gasteiger partial charge in [0.2, 0.25) is 0 Å². The number of rotatable bonds is 2. The molecule has 14 heavy (non-hydrogen) atoms. The molecule has 1 nitrogen and oxygen atoms in total. The van der Waals surface area contributed by atoms with Crippen LogP contribution in [0.15, 0.2) is 48.7 Å². The van der Waals surface area contributed by atoms with Gasteiger partial charge in [-0.05, 0) is 31.0 Å². The van der Waals surface area contributed by atoms with Gasteiger partial charge in [0.05, 0.1) is 5.52 Å². The van der Waals surface area contributed by atoms with Crippen molar-refractivity contribution in [2.45, 2.75) is 6.42 Å². The standard InChI is InChI=1S/C13H12N/c1-2-3-6-11-9-10-14-13-8-5-4-7-12(11)13/h2-5,7-10H,1,6H2. The summed E-state index contributed by atoms with van der Waals surface area (Å²) in [5.41, 5.74) is 2.36. The van der Waals surface area contributed by atoms with E-state index in [-0.39, 0.29) is 0 Å². The summed E-state index contributed by atoms with van der Waals surface area (Å²) >= 11 is 0. The van der Waals surface area contributed by atoms with E-state index in [2.05, 4.69) is 30.1 Å². The van der Waals surface area contributed by atoms with Gasteiger partial charge in [0, 0.05) is 11.6 Å². The number of aromatic nitrogens is 1. The minimum Gasteiger partial charge on any atom is -0.256 e. The van der Waals surface area contributed by atoms with E-state index in [0.29, 0.717) is 0 Å². The van der Waals surface area contributed by atoms with E-state index in [9.17, 15) is 0 Å². The predicted octanol–water partition coefficient (Wildman–Crippen LogP) is 3.17. The van der Waals surface area contributed by atoms with E-state index in [1.165, 1.54) is 10.9 Å². The Morgan fingerprint density at radius 3 is 2.93 bits per heavy atom. The van der Waals surface area contributed by atoms with Crippen LogP contribution in [-0.2, 0) is 6.42 Å². The van der Waals surface area contributed by atoms with Gasteiger partial charge < -0.3 is 0 Å². The number of benzene rings is 1. The first-order valence-electron chi connectivity index (χ1n) is 4.68. The summed E-state index contributed by atoms with van der Waals surface area (Å²) in [5, 5.41) is 1.23. The Hall–Kier alpha value is -1.63. The summed E-state index contributed by atoms with van der Waals surface area (Å²) in [7, 11) is 0. The molecule has 0 saturated carbocycles. The first kappa shape index (κ1) is 8.95. The molecule has 1 radical (unpaired) electrons. The topological polar surface area (TPSA) is 12.9 Å². The van der Waals surface area contributed by atoms with Crippen LogP contribution in [-0.4, -0.2) is 4.98 Å². The van der Waals surface area contributed by atoms with Crippen LogP contribution in [0.25, 0.3) is 10.9 Å². The third-order valence-corrected chi connectivity index (χ3v) is 2.24. The normalized spacial score (nSPS) is 11.2. The van der Waals surface area contributed by atoms with Crippen LogP contribution in [0.4, 0.5) is 0 Å². The molecule has 0 aliphatic rings. The SMILES string of the molecule is [CH2]C=CCc1ccnc2ccccc12. The molecule has 2 aromatic rings. The van der Waals surface area contributed by atoms with Crippen LogP contribution < -0.4 is 0 Å². The van der Waals surface area contributed by atoms with Gasteiger partial charge in [-0.3, -0.25) is 4.98 Å². The van der Waals surface area contributed by atoms with E-state index < -0.39 is 0 Å². The average molecular weight is 182 g/mol. The number of nitrogens with zero attached hydrogens (tertiary/aromatic N) is 1. The number of para-hydroxylation sites is 1. The summed E-state index contributed by atoms with van der Waals surface area (Å²) in [4.78, 5) is 4.31. The second-order valence-corrected chi connectivity index (χ2v) is 3.16. The predicted molar refractivity (Wildman–Crippen MR) is 59.9 cm³/mol. The van der Waals surface area contributed by atoms with Gasteiger partial charge in [-0.2, -0.15) is 0 Å². The first-order chi connectivity index (χ1) is 6.92. The van der Waals surface area contributed by atoms with E-state index in [1.54, 1.807) is 0 Å². The Morgan fingerprint density at radius 1 is 1.21 bits per heavy atom. The maximum absolute atomic E-state index is 4.31. The molecule has 1 heterocycles. The molecule has 0 spiro atoms. The van der Waals surface area contributed by atoms with Gasteiger partial charge in [0.15, 0.2) is 0 Å². The van der Waals surface area contributed by atoms with Crippen LogP contribution in [0, 0.1) is 6.92 Å². The Labute approximate surface area is 84.1 Å². The van der Waals surface area contributed by atoms with Crippen molar-refractivity contribution in [2.75, 3.05) is 0 Å². The van der Waals surface area contributed by atoms with Crippen molar-refractivity contribution >= 4 is 10.9 Å². The van der Waals surface area contributed by atoms with Crippen molar-refractivity contribution in [1.29, 1.82) is 0 Å². The number of hydrogen-bond acceptors (Lipinski definition) is 1. The molecule has 0 saturated heterocycles. The third kappa shape index (κ3) is 1.67. The Morgan fingerprint density at radius 2 is 2.07 bits per heavy atom. The second-order valence-electron chi connectivity index (χ2n) is 3.16. The lowest BCUT2D eigenvalue weighted by Gasteiger charge is -2.02. The average Bonchev–Trinajstić information content (AvgIpc) is 2.26. The fourth-order valence-electron chi connectivity index (χ4n) is 1.54. The highest BCUT2D eigenvalue weighted by Gasteiger charge is 1.97. The van der Waals surface area contributed by atoms with Crippen molar-refractivity contribution < 1.29 is 0 Å². The van der Waals surface area contributed by atoms with Crippen molar-refractivity contribution in [3.63, 3.8) is 0 Å². The van der Waals surface area contributed by atoms with E-state index in [0.717, 1.165) is 11.9 Å². The molecule has 69 valence electrons. The van der Waals surface area contributed by atoms with Gasteiger partial charge in [0.25, 0.3) is 0 Å². The first-order valence-corrected chi connectivity index (χ1v) is 4.68. The summed E-state index contributed by atoms with van der Waals surface area (Å²) in [6.07, 6.45) is 6.66. The smallest absolute Gasteiger partial charge is 0.0704 e. The molecule has 0 N–H and O–H groups in total. The molecule has 1 heteroatoms. The van der Waals surface area contributed by atoms with Crippen LogP contribution in [0.5, 0.6) is 0 Å². The molecule has 0 aliphatic carbocycles. The van der Waals surface area contributed by atoms with Gasteiger partial charge in [0.1, 0.15) is 0 Å². The fourth-order valence-corrected chi connectivity index (χ4v) is 1.54. The van der Waals surface area contributed by atoms with Crippen molar-refractivity contribution in [3.05, 3.63) is 61.2 Å². The lowest BCUT2D eigenvalue weighted by atomic mass is 10.1. The Bertz CT molecular complexity index is 452. The van der Waals surface area contributed by atoms with Crippen LogP contribution in [0.1, 0.15) is 5.56 Å². The zero-order chi connectivity index (χ0) is 9.80. The van der Waals surface area contributed by atoms with Crippen LogP contribution >= 0.6 is 0 Å². The summed E-state index contributed by atoms with van der Waals surface area (Å²) in [6.45, 7) is 3.68. The van der Waals surface area contributed by atoms with Crippen molar-refractivity contribution in [2.24, 2.45) is 0 Å². The molecule has 0 bridgehead atoms. The molecule has 1 aromatic heterocycles. The molecular weight excluding hydrogens is 170 g/mol. The fraction of sp³-hybridized carbons (Fsp3) is 0.0769. The lowest BCUT2D eigenvalue weighted by molar-refractivity contribution is 1.26. The Kier molecular flexibility index (Phi) is 2.59. The Balaban J connectivity index is 2.53. The second kappa shape index (κ2) is 4.05. The monoisotopic (exact) mass is 182 g/mol. The third-order valence-electron chi connectivity index (χ3n) is 2.24. The molecular formula is C13H12N. The molecule has 0 unspecified atom stereocenters. The van der Waals surface area contributed by atoms with Crippen molar-refractivity contribution in [3.8, 4) is 0 Å². The summed E-state index contributed by atoms with van der Waals surface area (Å²) < 4.78 is 0. The van der Waals surface area contributed by atoms with Gasteiger partial charge >= 0.3 is 0 Å². The lowest BCUT2D eigenvalue weighted by Crippen LogP contribution is -1.86. The number of hydrogen-bond donors (Lipinski definition) is 0. The zero-order valence-corrected chi connectivity index (χ0v) is 7.98. The quantitative estimate of drug-likeness (QED) is 0.695. The largest absolute Gasteiger partial charge is 0.256 e. The number of allylic oxidation sites excluding steroid dienone is 2. The van der Waals surface area contributed by atoms with E-state index in [1.807, 2.05) is 30.5 Å². The van der Waals surface area contributed by atoms with Gasteiger partial charge in [-0.1, -0.05) is 30.4 Å².